The van der Waals surface area contributed by atoms with Crippen LogP contribution in [-0.2, 0) is 4.74 Å². The molecule has 0 aromatic carbocycles. The third kappa shape index (κ3) is 2.07. The Labute approximate surface area is 93.8 Å². The predicted octanol–water partition coefficient (Wildman–Crippen LogP) is 2.58. The molecule has 1 heterocycles. The largest absolute Gasteiger partial charge is 0.369 e. The molecule has 15 heavy (non-hydrogen) atoms. The van der Waals surface area contributed by atoms with E-state index < -0.39 is 0 Å². The summed E-state index contributed by atoms with van der Waals surface area (Å²) in [4.78, 5) is 0. The Balaban J connectivity index is 2.09. The Morgan fingerprint density at radius 1 is 1.40 bits per heavy atom. The summed E-state index contributed by atoms with van der Waals surface area (Å²) in [5.74, 6) is 1.52. The molecule has 1 spiro atoms. The van der Waals surface area contributed by atoms with E-state index in [1.54, 1.807) is 0 Å². The van der Waals surface area contributed by atoms with Gasteiger partial charge in [0.05, 0.1) is 11.7 Å². The summed E-state index contributed by atoms with van der Waals surface area (Å²) in [6, 6.07) is 0. The standard InChI is InChI=1S/C13H25NO/c1-4-12-8-14-9-13(15-12)7-5-6-10(2)11(13)3/h10-12,14H,4-9H2,1-3H3. The Bertz CT molecular complexity index is 215. The molecule has 2 heteroatoms. The van der Waals surface area contributed by atoms with Crippen molar-refractivity contribution in [3.63, 3.8) is 0 Å². The summed E-state index contributed by atoms with van der Waals surface area (Å²) in [7, 11) is 0. The molecule has 1 aliphatic carbocycles. The Morgan fingerprint density at radius 2 is 2.20 bits per heavy atom. The van der Waals surface area contributed by atoms with Gasteiger partial charge in [-0.2, -0.15) is 0 Å². The summed E-state index contributed by atoms with van der Waals surface area (Å²) >= 11 is 0. The molecule has 0 aromatic rings. The zero-order chi connectivity index (χ0) is 10.9. The van der Waals surface area contributed by atoms with Crippen LogP contribution in [-0.4, -0.2) is 24.8 Å². The smallest absolute Gasteiger partial charge is 0.0838 e. The number of nitrogens with one attached hydrogen (secondary N) is 1. The maximum absolute atomic E-state index is 6.38. The van der Waals surface area contributed by atoms with Gasteiger partial charge in [0.1, 0.15) is 0 Å². The highest BCUT2D eigenvalue weighted by Crippen LogP contribution is 2.41. The van der Waals surface area contributed by atoms with Crippen LogP contribution in [0.4, 0.5) is 0 Å². The molecule has 1 aliphatic heterocycles. The Hall–Kier alpha value is -0.0800. The average Bonchev–Trinajstić information content (AvgIpc) is 2.26. The average molecular weight is 211 g/mol. The van der Waals surface area contributed by atoms with Crippen LogP contribution in [0.25, 0.3) is 0 Å². The van der Waals surface area contributed by atoms with Crippen molar-refractivity contribution in [2.24, 2.45) is 11.8 Å². The van der Waals surface area contributed by atoms with Crippen molar-refractivity contribution < 1.29 is 4.74 Å². The van der Waals surface area contributed by atoms with Gasteiger partial charge in [0.25, 0.3) is 0 Å². The maximum Gasteiger partial charge on any atom is 0.0838 e. The second kappa shape index (κ2) is 4.42. The molecule has 4 atom stereocenters. The van der Waals surface area contributed by atoms with Crippen molar-refractivity contribution in [2.45, 2.75) is 58.2 Å². The summed E-state index contributed by atoms with van der Waals surface area (Å²) in [6.07, 6.45) is 5.54. The molecule has 0 aromatic heterocycles. The minimum absolute atomic E-state index is 0.149. The van der Waals surface area contributed by atoms with Crippen LogP contribution in [0.2, 0.25) is 0 Å². The molecule has 1 saturated heterocycles. The van der Waals surface area contributed by atoms with Crippen LogP contribution in [0.3, 0.4) is 0 Å². The summed E-state index contributed by atoms with van der Waals surface area (Å²) in [5, 5.41) is 3.57. The minimum Gasteiger partial charge on any atom is -0.369 e. The van der Waals surface area contributed by atoms with E-state index in [1.807, 2.05) is 0 Å². The van der Waals surface area contributed by atoms with Crippen molar-refractivity contribution >= 4 is 0 Å². The fourth-order valence-electron chi connectivity index (χ4n) is 3.22. The maximum atomic E-state index is 6.38. The zero-order valence-electron chi connectivity index (χ0n) is 10.4. The third-order valence-corrected chi connectivity index (χ3v) is 4.60. The first-order valence-electron chi connectivity index (χ1n) is 6.56. The molecular formula is C13H25NO. The van der Waals surface area contributed by atoms with Gasteiger partial charge in [-0.25, -0.2) is 0 Å². The van der Waals surface area contributed by atoms with Crippen molar-refractivity contribution in [3.8, 4) is 0 Å². The van der Waals surface area contributed by atoms with Gasteiger partial charge < -0.3 is 10.1 Å². The highest BCUT2D eigenvalue weighted by atomic mass is 16.5. The van der Waals surface area contributed by atoms with E-state index in [4.69, 9.17) is 4.74 Å². The first-order valence-corrected chi connectivity index (χ1v) is 6.56. The van der Waals surface area contributed by atoms with Crippen molar-refractivity contribution in [1.29, 1.82) is 0 Å². The van der Waals surface area contributed by atoms with Gasteiger partial charge in [-0.15, -0.1) is 0 Å². The molecule has 0 bridgehead atoms. The predicted molar refractivity (Wildman–Crippen MR) is 62.9 cm³/mol. The topological polar surface area (TPSA) is 21.3 Å². The van der Waals surface area contributed by atoms with E-state index in [9.17, 15) is 0 Å². The molecule has 2 aliphatic rings. The van der Waals surface area contributed by atoms with Gasteiger partial charge in [0.2, 0.25) is 0 Å². The van der Waals surface area contributed by atoms with Crippen LogP contribution in [0, 0.1) is 11.8 Å². The first-order chi connectivity index (χ1) is 7.18. The van der Waals surface area contributed by atoms with E-state index in [0.29, 0.717) is 12.0 Å². The lowest BCUT2D eigenvalue weighted by molar-refractivity contribution is -0.170. The molecule has 2 fully saturated rings. The SMILES string of the molecule is CCC1CNCC2(CCCC(C)C2C)O1. The molecular weight excluding hydrogens is 186 g/mol. The number of hydrogen-bond donors (Lipinski definition) is 1. The molecule has 2 nitrogen and oxygen atoms in total. The third-order valence-electron chi connectivity index (χ3n) is 4.60. The van der Waals surface area contributed by atoms with Crippen molar-refractivity contribution in [2.75, 3.05) is 13.1 Å². The molecule has 4 unspecified atom stereocenters. The quantitative estimate of drug-likeness (QED) is 0.720. The van der Waals surface area contributed by atoms with E-state index in [0.717, 1.165) is 25.4 Å². The van der Waals surface area contributed by atoms with Crippen LogP contribution >= 0.6 is 0 Å². The van der Waals surface area contributed by atoms with Gasteiger partial charge in [-0.05, 0) is 24.7 Å². The zero-order valence-corrected chi connectivity index (χ0v) is 10.4. The van der Waals surface area contributed by atoms with Gasteiger partial charge >= 0.3 is 0 Å². The van der Waals surface area contributed by atoms with Crippen molar-refractivity contribution in [1.82, 2.24) is 5.32 Å². The number of hydrogen-bond acceptors (Lipinski definition) is 2. The molecule has 0 radical (unpaired) electrons. The normalized spacial score (nSPS) is 47.0. The molecule has 1 N–H and O–H groups in total. The highest BCUT2D eigenvalue weighted by molar-refractivity contribution is 4.97. The van der Waals surface area contributed by atoms with Crippen molar-refractivity contribution in [3.05, 3.63) is 0 Å². The fraction of sp³-hybridized carbons (Fsp3) is 1.00. The molecule has 1 saturated carbocycles. The van der Waals surface area contributed by atoms with Crippen LogP contribution in [0.15, 0.2) is 0 Å². The second-order valence-corrected chi connectivity index (χ2v) is 5.50. The first kappa shape index (κ1) is 11.4. The highest BCUT2D eigenvalue weighted by Gasteiger charge is 2.45. The van der Waals surface area contributed by atoms with E-state index in [1.165, 1.54) is 19.3 Å². The lowest BCUT2D eigenvalue weighted by Crippen LogP contribution is -2.59. The minimum atomic E-state index is 0.149. The lowest BCUT2D eigenvalue weighted by Gasteiger charge is -2.50. The summed E-state index contributed by atoms with van der Waals surface area (Å²) in [6.45, 7) is 9.09. The molecule has 2 rings (SSSR count). The summed E-state index contributed by atoms with van der Waals surface area (Å²) < 4.78 is 6.38. The van der Waals surface area contributed by atoms with E-state index in [-0.39, 0.29) is 5.60 Å². The molecule has 0 amide bonds. The second-order valence-electron chi connectivity index (χ2n) is 5.50. The Morgan fingerprint density at radius 3 is 2.93 bits per heavy atom. The van der Waals surface area contributed by atoms with Crippen LogP contribution in [0.5, 0.6) is 0 Å². The number of rotatable bonds is 1. The van der Waals surface area contributed by atoms with Crippen LogP contribution in [0.1, 0.15) is 46.5 Å². The van der Waals surface area contributed by atoms with Gasteiger partial charge in [0.15, 0.2) is 0 Å². The van der Waals surface area contributed by atoms with Gasteiger partial charge in [-0.1, -0.05) is 33.6 Å². The van der Waals surface area contributed by atoms with E-state index >= 15 is 0 Å². The van der Waals surface area contributed by atoms with Gasteiger partial charge in [-0.3, -0.25) is 0 Å². The number of morpholine rings is 1. The Kier molecular flexibility index (Phi) is 3.36. The fourth-order valence-corrected chi connectivity index (χ4v) is 3.22. The monoisotopic (exact) mass is 211 g/mol. The summed E-state index contributed by atoms with van der Waals surface area (Å²) in [5.41, 5.74) is 0.149. The lowest BCUT2D eigenvalue weighted by atomic mass is 9.69. The number of ether oxygens (including phenoxy) is 1. The molecule has 88 valence electrons. The van der Waals surface area contributed by atoms with Gasteiger partial charge in [0, 0.05) is 13.1 Å². The van der Waals surface area contributed by atoms with E-state index in [2.05, 4.69) is 26.1 Å². The van der Waals surface area contributed by atoms with Crippen LogP contribution < -0.4 is 5.32 Å².